The Bertz CT molecular complexity index is 796. The fourth-order valence-electron chi connectivity index (χ4n) is 1.81. The van der Waals surface area contributed by atoms with Crippen LogP contribution in [0.1, 0.15) is 5.56 Å². The van der Waals surface area contributed by atoms with Crippen LogP contribution in [0.25, 0.3) is 5.69 Å². The molecule has 0 N–H and O–H groups in total. The molecule has 0 atom stereocenters. The molecule has 0 unspecified atom stereocenters. The second-order valence-electron chi connectivity index (χ2n) is 4.30. The molecule has 0 saturated carbocycles. The summed E-state index contributed by atoms with van der Waals surface area (Å²) in [5.41, 5.74) is 1.57. The molecule has 0 aliphatic rings. The Hall–Kier alpha value is -2.34. The second kappa shape index (κ2) is 5.97. The quantitative estimate of drug-likeness (QED) is 0.728. The van der Waals surface area contributed by atoms with Crippen molar-refractivity contribution >= 4 is 15.9 Å². The SMILES string of the molecule is O=c1oc(OCc2ccccc2)nn1-c1cccc(Br)c1. The third kappa shape index (κ3) is 3.22. The molecule has 0 aliphatic heterocycles. The summed E-state index contributed by atoms with van der Waals surface area (Å²) in [5, 5.41) is 4.03. The van der Waals surface area contributed by atoms with Gasteiger partial charge >= 0.3 is 11.8 Å². The lowest BCUT2D eigenvalue weighted by Gasteiger charge is -2.00. The molecule has 0 saturated heterocycles. The summed E-state index contributed by atoms with van der Waals surface area (Å²) in [6.45, 7) is 0.291. The van der Waals surface area contributed by atoms with Gasteiger partial charge in [-0.2, -0.15) is 4.68 Å². The molecule has 0 spiro atoms. The van der Waals surface area contributed by atoms with Crippen LogP contribution in [0.5, 0.6) is 6.08 Å². The zero-order valence-electron chi connectivity index (χ0n) is 10.9. The van der Waals surface area contributed by atoms with Crippen molar-refractivity contribution in [1.82, 2.24) is 9.78 Å². The van der Waals surface area contributed by atoms with Gasteiger partial charge < -0.3 is 9.15 Å². The van der Waals surface area contributed by atoms with Crippen molar-refractivity contribution in [3.8, 4) is 11.8 Å². The molecule has 21 heavy (non-hydrogen) atoms. The van der Waals surface area contributed by atoms with E-state index in [-0.39, 0.29) is 6.08 Å². The maximum absolute atomic E-state index is 11.8. The zero-order valence-corrected chi connectivity index (χ0v) is 12.5. The van der Waals surface area contributed by atoms with Crippen molar-refractivity contribution in [2.75, 3.05) is 0 Å². The molecule has 3 aromatic rings. The van der Waals surface area contributed by atoms with Crippen LogP contribution in [-0.2, 0) is 6.61 Å². The highest BCUT2D eigenvalue weighted by molar-refractivity contribution is 9.10. The van der Waals surface area contributed by atoms with E-state index in [1.165, 1.54) is 0 Å². The second-order valence-corrected chi connectivity index (χ2v) is 5.22. The normalized spacial score (nSPS) is 10.5. The number of aromatic nitrogens is 2. The maximum atomic E-state index is 11.8. The van der Waals surface area contributed by atoms with Crippen LogP contribution in [0.4, 0.5) is 0 Å². The van der Waals surface area contributed by atoms with Crippen LogP contribution in [0.2, 0.25) is 0 Å². The first-order valence-electron chi connectivity index (χ1n) is 6.25. The van der Waals surface area contributed by atoms with Crippen molar-refractivity contribution < 1.29 is 9.15 Å². The Morgan fingerprint density at radius 1 is 1.14 bits per heavy atom. The number of rotatable bonds is 4. The third-order valence-corrected chi connectivity index (χ3v) is 3.28. The van der Waals surface area contributed by atoms with Gasteiger partial charge in [0.1, 0.15) is 6.61 Å². The number of halogens is 1. The molecule has 0 radical (unpaired) electrons. The van der Waals surface area contributed by atoms with E-state index >= 15 is 0 Å². The van der Waals surface area contributed by atoms with E-state index in [1.807, 2.05) is 42.5 Å². The lowest BCUT2D eigenvalue weighted by atomic mass is 10.2. The maximum Gasteiger partial charge on any atom is 0.444 e. The standard InChI is InChI=1S/C15H11BrN2O3/c16-12-7-4-8-13(9-12)18-15(19)21-14(17-18)20-10-11-5-2-1-3-6-11/h1-9H,10H2. The van der Waals surface area contributed by atoms with Gasteiger partial charge in [-0.15, -0.1) is 0 Å². The lowest BCUT2D eigenvalue weighted by Crippen LogP contribution is -2.13. The van der Waals surface area contributed by atoms with Crippen LogP contribution >= 0.6 is 15.9 Å². The Kier molecular flexibility index (Phi) is 3.87. The fourth-order valence-corrected chi connectivity index (χ4v) is 2.20. The van der Waals surface area contributed by atoms with E-state index in [0.29, 0.717) is 12.3 Å². The van der Waals surface area contributed by atoms with Crippen molar-refractivity contribution in [2.45, 2.75) is 6.61 Å². The zero-order chi connectivity index (χ0) is 14.7. The smallest absolute Gasteiger partial charge is 0.444 e. The van der Waals surface area contributed by atoms with Gasteiger partial charge in [-0.25, -0.2) is 4.79 Å². The first kappa shape index (κ1) is 13.6. The van der Waals surface area contributed by atoms with E-state index in [0.717, 1.165) is 14.7 Å². The van der Waals surface area contributed by atoms with E-state index in [4.69, 9.17) is 9.15 Å². The first-order chi connectivity index (χ1) is 10.2. The van der Waals surface area contributed by atoms with Gasteiger partial charge in [-0.05, 0) is 23.8 Å². The Morgan fingerprint density at radius 2 is 1.95 bits per heavy atom. The summed E-state index contributed by atoms with van der Waals surface area (Å²) >= 11 is 3.35. The summed E-state index contributed by atoms with van der Waals surface area (Å²) in [7, 11) is 0. The van der Waals surface area contributed by atoms with Gasteiger partial charge in [0.05, 0.1) is 5.69 Å². The molecule has 1 aromatic heterocycles. The average molecular weight is 347 g/mol. The number of benzene rings is 2. The van der Waals surface area contributed by atoms with Crippen molar-refractivity contribution in [3.05, 3.63) is 75.2 Å². The average Bonchev–Trinajstić information content (AvgIpc) is 2.87. The highest BCUT2D eigenvalue weighted by atomic mass is 79.9. The fraction of sp³-hybridized carbons (Fsp3) is 0.0667. The number of ether oxygens (including phenoxy) is 1. The van der Waals surface area contributed by atoms with Crippen molar-refractivity contribution in [1.29, 1.82) is 0 Å². The van der Waals surface area contributed by atoms with Crippen LogP contribution < -0.4 is 10.5 Å². The number of hydrogen-bond donors (Lipinski definition) is 0. The predicted octanol–water partition coefficient (Wildman–Crippen LogP) is 3.17. The van der Waals surface area contributed by atoms with Crippen molar-refractivity contribution in [3.63, 3.8) is 0 Å². The Labute approximate surface area is 128 Å². The summed E-state index contributed by atoms with van der Waals surface area (Å²) in [6.07, 6.45) is -0.0520. The van der Waals surface area contributed by atoms with Gasteiger partial charge in [-0.3, -0.25) is 0 Å². The van der Waals surface area contributed by atoms with Gasteiger partial charge in [-0.1, -0.05) is 57.4 Å². The minimum atomic E-state index is -0.587. The minimum Gasteiger partial charge on any atom is -0.444 e. The summed E-state index contributed by atoms with van der Waals surface area (Å²) in [4.78, 5) is 11.8. The monoisotopic (exact) mass is 346 g/mol. The predicted molar refractivity (Wildman–Crippen MR) is 80.6 cm³/mol. The molecule has 2 aromatic carbocycles. The molecule has 1 heterocycles. The summed E-state index contributed by atoms with van der Waals surface area (Å²) < 4.78 is 12.4. The molecule has 0 fully saturated rings. The summed E-state index contributed by atoms with van der Waals surface area (Å²) in [6, 6.07) is 16.8. The highest BCUT2D eigenvalue weighted by Crippen LogP contribution is 2.15. The van der Waals surface area contributed by atoms with Crippen LogP contribution in [0, 0.1) is 0 Å². The van der Waals surface area contributed by atoms with E-state index in [1.54, 1.807) is 12.1 Å². The third-order valence-electron chi connectivity index (χ3n) is 2.79. The van der Waals surface area contributed by atoms with Gasteiger partial charge in [0.25, 0.3) is 0 Å². The molecular formula is C15H11BrN2O3. The Morgan fingerprint density at radius 3 is 2.71 bits per heavy atom. The van der Waals surface area contributed by atoms with Crippen LogP contribution in [-0.4, -0.2) is 9.78 Å². The van der Waals surface area contributed by atoms with Gasteiger partial charge in [0.15, 0.2) is 0 Å². The van der Waals surface area contributed by atoms with E-state index in [9.17, 15) is 4.79 Å². The van der Waals surface area contributed by atoms with Crippen molar-refractivity contribution in [2.24, 2.45) is 0 Å². The topological polar surface area (TPSA) is 57.3 Å². The molecule has 106 valence electrons. The molecule has 0 bridgehead atoms. The molecule has 0 amide bonds. The molecular weight excluding hydrogens is 336 g/mol. The first-order valence-corrected chi connectivity index (χ1v) is 7.04. The van der Waals surface area contributed by atoms with Gasteiger partial charge in [0, 0.05) is 4.47 Å². The minimum absolute atomic E-state index is 0.0520. The molecule has 3 rings (SSSR count). The van der Waals surface area contributed by atoms with E-state index in [2.05, 4.69) is 21.0 Å². The highest BCUT2D eigenvalue weighted by Gasteiger charge is 2.11. The van der Waals surface area contributed by atoms with E-state index < -0.39 is 5.76 Å². The van der Waals surface area contributed by atoms with Gasteiger partial charge in [0.2, 0.25) is 0 Å². The lowest BCUT2D eigenvalue weighted by molar-refractivity contribution is 0.215. The van der Waals surface area contributed by atoms with Crippen LogP contribution in [0.3, 0.4) is 0 Å². The van der Waals surface area contributed by atoms with Crippen LogP contribution in [0.15, 0.2) is 68.3 Å². The molecule has 0 aliphatic carbocycles. The largest absolute Gasteiger partial charge is 0.444 e. The Balaban J connectivity index is 1.80. The molecule has 5 nitrogen and oxygen atoms in total. The number of hydrogen-bond acceptors (Lipinski definition) is 4. The molecule has 6 heteroatoms. The number of nitrogens with zero attached hydrogens (tertiary/aromatic N) is 2. The summed E-state index contributed by atoms with van der Waals surface area (Å²) in [5.74, 6) is -0.587.